The minimum Gasteiger partial charge on any atom is -0.352 e. The topological polar surface area (TPSA) is 32.3 Å². The molecule has 4 heteroatoms. The van der Waals surface area contributed by atoms with Crippen molar-refractivity contribution in [3.63, 3.8) is 0 Å². The van der Waals surface area contributed by atoms with E-state index in [2.05, 4.69) is 28.6 Å². The van der Waals surface area contributed by atoms with Gasteiger partial charge in [-0.1, -0.05) is 19.3 Å². The average Bonchev–Trinajstić information content (AvgIpc) is 2.92. The van der Waals surface area contributed by atoms with E-state index < -0.39 is 0 Å². The smallest absolute Gasteiger partial charge is 0.234 e. The molecule has 3 rings (SSSR count). The molecular formula is C16H24N2OS. The Bertz CT molecular complexity index is 465. The molecule has 1 amide bonds. The Labute approximate surface area is 125 Å². The second-order valence-corrected chi connectivity index (χ2v) is 7.10. The number of hydrogen-bond donors (Lipinski definition) is 1. The first-order valence-corrected chi connectivity index (χ1v) is 8.71. The standard InChI is InChI=1S/C16H24N2OS/c1-12-14-8-10-20-15(14)7-9-18(12)11-16(19)17-13-5-3-2-4-6-13/h8,10,12-13H,2-7,9,11H2,1H3,(H,17,19)/t12-/m1/s1. The molecule has 1 aliphatic carbocycles. The zero-order valence-corrected chi connectivity index (χ0v) is 13.0. The Hall–Kier alpha value is -0.870. The van der Waals surface area contributed by atoms with E-state index in [1.165, 1.54) is 29.7 Å². The SMILES string of the molecule is C[C@@H]1c2ccsc2CCN1CC(=O)NC1CCCCC1. The van der Waals surface area contributed by atoms with Crippen LogP contribution in [0.3, 0.4) is 0 Å². The van der Waals surface area contributed by atoms with Crippen LogP contribution >= 0.6 is 11.3 Å². The van der Waals surface area contributed by atoms with Gasteiger partial charge in [0.1, 0.15) is 0 Å². The number of nitrogens with zero attached hydrogens (tertiary/aromatic N) is 1. The summed E-state index contributed by atoms with van der Waals surface area (Å²) in [5.41, 5.74) is 1.42. The van der Waals surface area contributed by atoms with Crippen LogP contribution in [-0.4, -0.2) is 29.9 Å². The monoisotopic (exact) mass is 292 g/mol. The van der Waals surface area contributed by atoms with Crippen LogP contribution in [0.15, 0.2) is 11.4 Å². The number of thiophene rings is 1. The molecule has 0 radical (unpaired) electrons. The minimum atomic E-state index is 0.211. The molecule has 0 bridgehead atoms. The average molecular weight is 292 g/mol. The van der Waals surface area contributed by atoms with Gasteiger partial charge in [0.2, 0.25) is 5.91 Å². The molecule has 2 heterocycles. The highest BCUT2D eigenvalue weighted by molar-refractivity contribution is 7.10. The molecule has 0 unspecified atom stereocenters. The van der Waals surface area contributed by atoms with E-state index in [1.807, 2.05) is 11.3 Å². The molecule has 1 aliphatic heterocycles. The van der Waals surface area contributed by atoms with Crippen LogP contribution < -0.4 is 5.32 Å². The van der Waals surface area contributed by atoms with Gasteiger partial charge < -0.3 is 5.32 Å². The van der Waals surface area contributed by atoms with Crippen LogP contribution in [0.2, 0.25) is 0 Å². The summed E-state index contributed by atoms with van der Waals surface area (Å²) in [4.78, 5) is 16.0. The molecule has 2 aliphatic rings. The molecular weight excluding hydrogens is 268 g/mol. The van der Waals surface area contributed by atoms with Crippen LogP contribution in [0.5, 0.6) is 0 Å². The number of carbonyl (C=O) groups is 1. The lowest BCUT2D eigenvalue weighted by atomic mass is 9.95. The number of carbonyl (C=O) groups excluding carboxylic acids is 1. The molecule has 20 heavy (non-hydrogen) atoms. The van der Waals surface area contributed by atoms with Crippen molar-refractivity contribution in [2.24, 2.45) is 0 Å². The first-order valence-electron chi connectivity index (χ1n) is 7.83. The first kappa shape index (κ1) is 14.1. The van der Waals surface area contributed by atoms with Crippen LogP contribution in [0, 0.1) is 0 Å². The van der Waals surface area contributed by atoms with Crippen molar-refractivity contribution in [3.8, 4) is 0 Å². The third-order valence-corrected chi connectivity index (χ3v) is 5.72. The van der Waals surface area contributed by atoms with Crippen LogP contribution in [0.25, 0.3) is 0 Å². The summed E-state index contributed by atoms with van der Waals surface area (Å²) in [5.74, 6) is 0.211. The molecule has 1 saturated carbocycles. The van der Waals surface area contributed by atoms with E-state index in [0.29, 0.717) is 18.6 Å². The van der Waals surface area contributed by atoms with Crippen LogP contribution in [-0.2, 0) is 11.2 Å². The Kier molecular flexibility index (Phi) is 4.41. The zero-order chi connectivity index (χ0) is 13.9. The van der Waals surface area contributed by atoms with Gasteiger partial charge in [-0.15, -0.1) is 11.3 Å². The predicted octanol–water partition coefficient (Wildman–Crippen LogP) is 3.12. The van der Waals surface area contributed by atoms with E-state index in [1.54, 1.807) is 0 Å². The highest BCUT2D eigenvalue weighted by Gasteiger charge is 2.26. The van der Waals surface area contributed by atoms with Crippen molar-refractivity contribution in [3.05, 3.63) is 21.9 Å². The van der Waals surface area contributed by atoms with Crippen molar-refractivity contribution >= 4 is 17.2 Å². The van der Waals surface area contributed by atoms with Gasteiger partial charge in [0.25, 0.3) is 0 Å². The first-order chi connectivity index (χ1) is 9.74. The van der Waals surface area contributed by atoms with Gasteiger partial charge in [0.05, 0.1) is 6.54 Å². The van der Waals surface area contributed by atoms with Gasteiger partial charge in [-0.25, -0.2) is 0 Å². The van der Waals surface area contributed by atoms with Crippen molar-refractivity contribution in [1.82, 2.24) is 10.2 Å². The highest BCUT2D eigenvalue weighted by Crippen LogP contribution is 2.32. The maximum atomic E-state index is 12.2. The van der Waals surface area contributed by atoms with Gasteiger partial charge >= 0.3 is 0 Å². The van der Waals surface area contributed by atoms with Crippen LogP contribution in [0.1, 0.15) is 55.5 Å². The molecule has 110 valence electrons. The van der Waals surface area contributed by atoms with Gasteiger partial charge in [-0.2, -0.15) is 0 Å². The summed E-state index contributed by atoms with van der Waals surface area (Å²) < 4.78 is 0. The number of rotatable bonds is 3. The molecule has 0 spiro atoms. The Morgan fingerprint density at radius 3 is 3.00 bits per heavy atom. The van der Waals surface area contributed by atoms with Crippen molar-refractivity contribution in [2.45, 2.75) is 57.5 Å². The number of nitrogens with one attached hydrogen (secondary N) is 1. The zero-order valence-electron chi connectivity index (χ0n) is 12.2. The normalized spacial score (nSPS) is 24.4. The lowest BCUT2D eigenvalue weighted by Gasteiger charge is -2.33. The molecule has 1 N–H and O–H groups in total. The van der Waals surface area contributed by atoms with Gasteiger partial charge in [0.15, 0.2) is 0 Å². The number of fused-ring (bicyclic) bond motifs is 1. The van der Waals surface area contributed by atoms with Gasteiger partial charge in [0, 0.05) is 23.5 Å². The maximum Gasteiger partial charge on any atom is 0.234 e. The fraction of sp³-hybridized carbons (Fsp3) is 0.688. The third-order valence-electron chi connectivity index (χ3n) is 4.72. The van der Waals surface area contributed by atoms with E-state index in [9.17, 15) is 4.79 Å². The van der Waals surface area contributed by atoms with E-state index in [-0.39, 0.29) is 5.91 Å². The summed E-state index contributed by atoms with van der Waals surface area (Å²) in [5, 5.41) is 5.40. The fourth-order valence-corrected chi connectivity index (χ4v) is 4.44. The van der Waals surface area contributed by atoms with E-state index >= 15 is 0 Å². The Morgan fingerprint density at radius 2 is 2.20 bits per heavy atom. The number of hydrogen-bond acceptors (Lipinski definition) is 3. The molecule has 1 aromatic rings. The van der Waals surface area contributed by atoms with Crippen molar-refractivity contribution in [2.75, 3.05) is 13.1 Å². The third kappa shape index (κ3) is 3.07. The summed E-state index contributed by atoms with van der Waals surface area (Å²) in [6.45, 7) is 3.78. The quantitative estimate of drug-likeness (QED) is 0.928. The second-order valence-electron chi connectivity index (χ2n) is 6.10. The van der Waals surface area contributed by atoms with Gasteiger partial charge in [-0.3, -0.25) is 9.69 Å². The highest BCUT2D eigenvalue weighted by atomic mass is 32.1. The summed E-state index contributed by atoms with van der Waals surface area (Å²) >= 11 is 1.85. The van der Waals surface area contributed by atoms with Crippen LogP contribution in [0.4, 0.5) is 0 Å². The molecule has 1 aromatic heterocycles. The largest absolute Gasteiger partial charge is 0.352 e. The van der Waals surface area contributed by atoms with E-state index in [4.69, 9.17) is 0 Å². The lowest BCUT2D eigenvalue weighted by Crippen LogP contribution is -2.45. The minimum absolute atomic E-state index is 0.211. The molecule has 3 nitrogen and oxygen atoms in total. The molecule has 0 saturated heterocycles. The van der Waals surface area contributed by atoms with Crippen molar-refractivity contribution in [1.29, 1.82) is 0 Å². The molecule has 0 aromatic carbocycles. The Balaban J connectivity index is 1.54. The number of amides is 1. The summed E-state index contributed by atoms with van der Waals surface area (Å²) in [6, 6.07) is 3.02. The van der Waals surface area contributed by atoms with E-state index in [0.717, 1.165) is 25.8 Å². The summed E-state index contributed by atoms with van der Waals surface area (Å²) in [6.07, 6.45) is 7.28. The fourth-order valence-electron chi connectivity index (χ4n) is 3.48. The molecule has 1 fully saturated rings. The maximum absolute atomic E-state index is 12.2. The second kappa shape index (κ2) is 6.27. The van der Waals surface area contributed by atoms with Gasteiger partial charge in [-0.05, 0) is 43.2 Å². The summed E-state index contributed by atoms with van der Waals surface area (Å²) in [7, 11) is 0. The van der Waals surface area contributed by atoms with Crippen molar-refractivity contribution < 1.29 is 4.79 Å². The predicted molar refractivity (Wildman–Crippen MR) is 83.0 cm³/mol. The molecule has 1 atom stereocenters. The lowest BCUT2D eigenvalue weighted by molar-refractivity contribution is -0.123. The Morgan fingerprint density at radius 1 is 1.40 bits per heavy atom.